The fourth-order valence-electron chi connectivity index (χ4n) is 2.73. The van der Waals surface area contributed by atoms with Crippen LogP contribution in [0.15, 0.2) is 30.3 Å². The van der Waals surface area contributed by atoms with Crippen LogP contribution in [-0.2, 0) is 9.47 Å². The molecule has 0 amide bonds. The molecule has 1 aliphatic heterocycles. The number of hydrogen-bond acceptors (Lipinski definition) is 3. The van der Waals surface area contributed by atoms with Crippen LogP contribution < -0.4 is 5.73 Å². The lowest BCUT2D eigenvalue weighted by Crippen LogP contribution is -2.45. The average Bonchev–Trinajstić information content (AvgIpc) is 3.20. The number of benzene rings is 1. The molecule has 3 nitrogen and oxygen atoms in total. The molecule has 1 aromatic carbocycles. The number of nitrogens with two attached hydrogens (primary N) is 1. The van der Waals surface area contributed by atoms with Crippen molar-refractivity contribution in [3.8, 4) is 0 Å². The Kier molecular flexibility index (Phi) is 3.14. The molecule has 1 aromatic rings. The van der Waals surface area contributed by atoms with Crippen LogP contribution >= 0.6 is 0 Å². The smallest absolute Gasteiger partial charge is 0.0962 e. The SMILES string of the molecule is NC(C1COCCO1)C1CC1c1ccccc1. The maximum absolute atomic E-state index is 6.28. The monoisotopic (exact) mass is 233 g/mol. The minimum atomic E-state index is 0.0856. The minimum Gasteiger partial charge on any atom is -0.376 e. The Bertz CT molecular complexity index is 362. The van der Waals surface area contributed by atoms with E-state index < -0.39 is 0 Å². The minimum absolute atomic E-state index is 0.0856. The van der Waals surface area contributed by atoms with E-state index in [0.717, 1.165) is 0 Å². The molecule has 0 aromatic heterocycles. The zero-order valence-corrected chi connectivity index (χ0v) is 9.92. The van der Waals surface area contributed by atoms with E-state index in [1.165, 1.54) is 12.0 Å². The Hall–Kier alpha value is -0.900. The molecule has 0 spiro atoms. The summed E-state index contributed by atoms with van der Waals surface area (Å²) in [6, 6.07) is 10.7. The molecule has 4 atom stereocenters. The van der Waals surface area contributed by atoms with Gasteiger partial charge in [0.2, 0.25) is 0 Å². The van der Waals surface area contributed by atoms with Crippen molar-refractivity contribution in [3.05, 3.63) is 35.9 Å². The first-order valence-corrected chi connectivity index (χ1v) is 6.36. The van der Waals surface area contributed by atoms with E-state index >= 15 is 0 Å². The summed E-state index contributed by atoms with van der Waals surface area (Å²) >= 11 is 0. The van der Waals surface area contributed by atoms with Crippen molar-refractivity contribution in [3.63, 3.8) is 0 Å². The van der Waals surface area contributed by atoms with E-state index in [9.17, 15) is 0 Å². The van der Waals surface area contributed by atoms with Crippen LogP contribution in [0.4, 0.5) is 0 Å². The Morgan fingerprint density at radius 3 is 2.71 bits per heavy atom. The Morgan fingerprint density at radius 2 is 2.00 bits per heavy atom. The molecule has 3 rings (SSSR count). The van der Waals surface area contributed by atoms with Gasteiger partial charge in [0.25, 0.3) is 0 Å². The summed E-state index contributed by atoms with van der Waals surface area (Å²) in [5.41, 5.74) is 7.68. The molecule has 1 saturated carbocycles. The van der Waals surface area contributed by atoms with Gasteiger partial charge in [0, 0.05) is 6.04 Å². The second kappa shape index (κ2) is 4.77. The highest BCUT2D eigenvalue weighted by atomic mass is 16.6. The predicted molar refractivity (Wildman–Crippen MR) is 65.8 cm³/mol. The van der Waals surface area contributed by atoms with Gasteiger partial charge in [-0.1, -0.05) is 30.3 Å². The highest BCUT2D eigenvalue weighted by Gasteiger charge is 2.45. The largest absolute Gasteiger partial charge is 0.376 e. The zero-order chi connectivity index (χ0) is 11.7. The molecular formula is C14H19NO2. The summed E-state index contributed by atoms with van der Waals surface area (Å²) < 4.78 is 11.1. The maximum atomic E-state index is 6.28. The normalized spacial score (nSPS) is 34.3. The topological polar surface area (TPSA) is 44.5 Å². The van der Waals surface area contributed by atoms with Crippen LogP contribution in [0.2, 0.25) is 0 Å². The van der Waals surface area contributed by atoms with Gasteiger partial charge in [-0.2, -0.15) is 0 Å². The van der Waals surface area contributed by atoms with E-state index in [1.54, 1.807) is 0 Å². The summed E-state index contributed by atoms with van der Waals surface area (Å²) in [4.78, 5) is 0. The van der Waals surface area contributed by atoms with Gasteiger partial charge in [0.1, 0.15) is 0 Å². The average molecular weight is 233 g/mol. The molecule has 1 saturated heterocycles. The lowest BCUT2D eigenvalue weighted by molar-refractivity contribution is -0.0994. The van der Waals surface area contributed by atoms with Crippen molar-refractivity contribution in [1.82, 2.24) is 0 Å². The van der Waals surface area contributed by atoms with Crippen LogP contribution in [0.1, 0.15) is 17.9 Å². The van der Waals surface area contributed by atoms with Crippen LogP contribution in [0.3, 0.4) is 0 Å². The molecule has 1 heterocycles. The molecule has 4 unspecified atom stereocenters. The lowest BCUT2D eigenvalue weighted by atomic mass is 10.0. The van der Waals surface area contributed by atoms with E-state index in [2.05, 4.69) is 30.3 Å². The second-order valence-corrected chi connectivity index (χ2v) is 4.98. The van der Waals surface area contributed by atoms with Gasteiger partial charge >= 0.3 is 0 Å². The van der Waals surface area contributed by atoms with Gasteiger partial charge in [0.05, 0.1) is 25.9 Å². The molecular weight excluding hydrogens is 214 g/mol. The maximum Gasteiger partial charge on any atom is 0.0962 e. The third-order valence-electron chi connectivity index (χ3n) is 3.83. The highest BCUT2D eigenvalue weighted by molar-refractivity contribution is 5.26. The van der Waals surface area contributed by atoms with E-state index in [1.807, 2.05) is 0 Å². The molecule has 92 valence electrons. The van der Waals surface area contributed by atoms with Crippen molar-refractivity contribution < 1.29 is 9.47 Å². The van der Waals surface area contributed by atoms with Crippen LogP contribution in [0.25, 0.3) is 0 Å². The third-order valence-corrected chi connectivity index (χ3v) is 3.83. The second-order valence-electron chi connectivity index (χ2n) is 4.98. The van der Waals surface area contributed by atoms with E-state index in [4.69, 9.17) is 15.2 Å². The summed E-state index contributed by atoms with van der Waals surface area (Å²) in [6.07, 6.45) is 1.27. The summed E-state index contributed by atoms with van der Waals surface area (Å²) in [7, 11) is 0. The molecule has 2 N–H and O–H groups in total. The number of ether oxygens (including phenoxy) is 2. The Balaban J connectivity index is 1.60. The fraction of sp³-hybridized carbons (Fsp3) is 0.571. The Morgan fingerprint density at radius 1 is 1.18 bits per heavy atom. The number of rotatable bonds is 3. The van der Waals surface area contributed by atoms with Gasteiger partial charge in [0.15, 0.2) is 0 Å². The molecule has 17 heavy (non-hydrogen) atoms. The Labute approximate surface area is 102 Å². The first-order valence-electron chi connectivity index (χ1n) is 6.36. The number of hydrogen-bond donors (Lipinski definition) is 1. The van der Waals surface area contributed by atoms with Crippen LogP contribution in [-0.4, -0.2) is 32.0 Å². The van der Waals surface area contributed by atoms with Crippen LogP contribution in [0.5, 0.6) is 0 Å². The van der Waals surface area contributed by atoms with Crippen molar-refractivity contribution in [1.29, 1.82) is 0 Å². The first kappa shape index (κ1) is 11.2. The summed E-state index contributed by atoms with van der Waals surface area (Å²) in [6.45, 7) is 2.04. The van der Waals surface area contributed by atoms with E-state index in [-0.39, 0.29) is 12.1 Å². The standard InChI is InChI=1S/C14H19NO2/c15-14(13-9-16-6-7-17-13)12-8-11(12)10-4-2-1-3-5-10/h1-5,11-14H,6-9,15H2. The van der Waals surface area contributed by atoms with Gasteiger partial charge < -0.3 is 15.2 Å². The van der Waals surface area contributed by atoms with Crippen LogP contribution in [0, 0.1) is 5.92 Å². The zero-order valence-electron chi connectivity index (χ0n) is 9.92. The van der Waals surface area contributed by atoms with Crippen molar-refractivity contribution in [2.24, 2.45) is 11.7 Å². The van der Waals surface area contributed by atoms with E-state index in [0.29, 0.717) is 31.7 Å². The predicted octanol–water partition coefficient (Wildman–Crippen LogP) is 1.53. The lowest BCUT2D eigenvalue weighted by Gasteiger charge is -2.28. The van der Waals surface area contributed by atoms with Gasteiger partial charge in [-0.15, -0.1) is 0 Å². The fourth-order valence-corrected chi connectivity index (χ4v) is 2.73. The molecule has 2 aliphatic rings. The molecule has 2 fully saturated rings. The summed E-state index contributed by atoms with van der Waals surface area (Å²) in [5.74, 6) is 1.18. The molecule has 0 radical (unpaired) electrons. The van der Waals surface area contributed by atoms with Crippen molar-refractivity contribution in [2.45, 2.75) is 24.5 Å². The quantitative estimate of drug-likeness (QED) is 0.861. The summed E-state index contributed by atoms with van der Waals surface area (Å²) in [5, 5.41) is 0. The molecule has 1 aliphatic carbocycles. The molecule has 3 heteroatoms. The van der Waals surface area contributed by atoms with Crippen molar-refractivity contribution >= 4 is 0 Å². The van der Waals surface area contributed by atoms with Gasteiger partial charge in [-0.25, -0.2) is 0 Å². The van der Waals surface area contributed by atoms with Gasteiger partial charge in [-0.3, -0.25) is 0 Å². The van der Waals surface area contributed by atoms with Crippen molar-refractivity contribution in [2.75, 3.05) is 19.8 Å². The molecule has 0 bridgehead atoms. The van der Waals surface area contributed by atoms with Gasteiger partial charge in [-0.05, 0) is 23.8 Å². The first-order chi connectivity index (χ1) is 8.36. The highest BCUT2D eigenvalue weighted by Crippen LogP contribution is 2.49. The third kappa shape index (κ3) is 2.37.